The zero-order valence-electron chi connectivity index (χ0n) is 17.5. The van der Waals surface area contributed by atoms with Crippen molar-refractivity contribution in [2.75, 3.05) is 25.1 Å². The third kappa shape index (κ3) is 6.30. The molecule has 1 heterocycles. The van der Waals surface area contributed by atoms with E-state index in [0.29, 0.717) is 36.1 Å². The first-order valence-corrected chi connectivity index (χ1v) is 9.99. The van der Waals surface area contributed by atoms with Crippen molar-refractivity contribution in [2.24, 2.45) is 0 Å². The molecule has 1 N–H and O–H groups in total. The van der Waals surface area contributed by atoms with E-state index in [-0.39, 0.29) is 0 Å². The zero-order chi connectivity index (χ0) is 22.1. The molecule has 7 nitrogen and oxygen atoms in total. The predicted molar refractivity (Wildman–Crippen MR) is 119 cm³/mol. The van der Waals surface area contributed by atoms with Crippen LogP contribution in [0.3, 0.4) is 0 Å². The van der Waals surface area contributed by atoms with Gasteiger partial charge in [0.25, 0.3) is 5.91 Å². The first-order valence-electron chi connectivity index (χ1n) is 9.99. The number of nitrogens with one attached hydrogen (secondary N) is 1. The Kier molecular flexibility index (Phi) is 7.59. The van der Waals surface area contributed by atoms with Crippen molar-refractivity contribution in [1.29, 1.82) is 0 Å². The number of ether oxygens (including phenoxy) is 3. The van der Waals surface area contributed by atoms with Crippen LogP contribution in [0.15, 0.2) is 60.7 Å². The fourth-order valence-electron chi connectivity index (χ4n) is 2.84. The Bertz CT molecular complexity index is 1090. The summed E-state index contributed by atoms with van der Waals surface area (Å²) in [4.78, 5) is 28.5. The van der Waals surface area contributed by atoms with E-state index in [0.717, 1.165) is 10.9 Å². The second-order valence-corrected chi connectivity index (χ2v) is 6.45. The smallest absolute Gasteiger partial charge is 0.331 e. The van der Waals surface area contributed by atoms with Gasteiger partial charge in [0.05, 0.1) is 24.4 Å². The highest BCUT2D eigenvalue weighted by atomic mass is 16.5. The molecule has 0 saturated heterocycles. The van der Waals surface area contributed by atoms with Gasteiger partial charge in [-0.15, -0.1) is 0 Å². The van der Waals surface area contributed by atoms with Gasteiger partial charge < -0.3 is 19.5 Å². The van der Waals surface area contributed by atoms with Crippen LogP contribution in [0.4, 0.5) is 5.69 Å². The summed E-state index contributed by atoms with van der Waals surface area (Å²) < 4.78 is 16.0. The van der Waals surface area contributed by atoms with Crippen molar-refractivity contribution < 1.29 is 23.8 Å². The van der Waals surface area contributed by atoms with Crippen molar-refractivity contribution >= 4 is 34.5 Å². The van der Waals surface area contributed by atoms with E-state index in [1.54, 1.807) is 30.3 Å². The van der Waals surface area contributed by atoms with Crippen LogP contribution in [0.2, 0.25) is 0 Å². The SMILES string of the molecule is CCOc1ccc(NC(=O)COC(=O)/C=C/c2ccc3ccccc3n2)cc1OCC. The van der Waals surface area contributed by atoms with Gasteiger partial charge >= 0.3 is 5.97 Å². The molecule has 0 radical (unpaired) electrons. The first-order chi connectivity index (χ1) is 15.1. The predicted octanol–water partition coefficient (Wildman–Crippen LogP) is 4.23. The minimum absolute atomic E-state index is 0.411. The molecule has 0 atom stereocenters. The Morgan fingerprint density at radius 3 is 2.55 bits per heavy atom. The monoisotopic (exact) mass is 420 g/mol. The molecule has 3 aromatic rings. The number of amides is 1. The van der Waals surface area contributed by atoms with Gasteiger partial charge in [0, 0.05) is 23.2 Å². The fourth-order valence-corrected chi connectivity index (χ4v) is 2.84. The molecule has 3 rings (SSSR count). The number of para-hydroxylation sites is 1. The summed E-state index contributed by atoms with van der Waals surface area (Å²) in [6.07, 6.45) is 2.79. The number of pyridine rings is 1. The highest BCUT2D eigenvalue weighted by Gasteiger charge is 2.10. The molecule has 0 fully saturated rings. The van der Waals surface area contributed by atoms with Gasteiger partial charge in [-0.25, -0.2) is 9.78 Å². The second-order valence-electron chi connectivity index (χ2n) is 6.45. The molecule has 0 unspecified atom stereocenters. The molecule has 0 aliphatic carbocycles. The van der Waals surface area contributed by atoms with Gasteiger partial charge in [0.2, 0.25) is 0 Å². The number of hydrogen-bond acceptors (Lipinski definition) is 6. The molecule has 0 aliphatic heterocycles. The number of benzene rings is 2. The van der Waals surface area contributed by atoms with Gasteiger partial charge in [-0.3, -0.25) is 4.79 Å². The van der Waals surface area contributed by atoms with Crippen molar-refractivity contribution in [3.8, 4) is 11.5 Å². The Morgan fingerprint density at radius 2 is 1.74 bits per heavy atom. The lowest BCUT2D eigenvalue weighted by molar-refractivity contribution is -0.142. The summed E-state index contributed by atoms with van der Waals surface area (Å²) in [6.45, 7) is 4.30. The van der Waals surface area contributed by atoms with E-state index in [1.165, 1.54) is 6.08 Å². The molecule has 0 spiro atoms. The first kappa shape index (κ1) is 21.8. The maximum absolute atomic E-state index is 12.1. The van der Waals surface area contributed by atoms with E-state index in [1.807, 2.05) is 44.2 Å². The molecule has 1 aromatic heterocycles. The largest absolute Gasteiger partial charge is 0.490 e. The van der Waals surface area contributed by atoms with Crippen LogP contribution in [0.1, 0.15) is 19.5 Å². The number of carbonyl (C=O) groups excluding carboxylic acids is 2. The van der Waals surface area contributed by atoms with Crippen LogP contribution < -0.4 is 14.8 Å². The maximum Gasteiger partial charge on any atom is 0.331 e. The quantitative estimate of drug-likeness (QED) is 0.412. The molecule has 0 bridgehead atoms. The van der Waals surface area contributed by atoms with Crippen LogP contribution in [0.5, 0.6) is 11.5 Å². The summed E-state index contributed by atoms with van der Waals surface area (Å²) in [5.74, 6) is 0.0372. The van der Waals surface area contributed by atoms with Crippen molar-refractivity contribution in [1.82, 2.24) is 4.98 Å². The average molecular weight is 420 g/mol. The molecular weight excluding hydrogens is 396 g/mol. The number of hydrogen-bond donors (Lipinski definition) is 1. The van der Waals surface area contributed by atoms with E-state index in [4.69, 9.17) is 14.2 Å². The van der Waals surface area contributed by atoms with E-state index in [2.05, 4.69) is 10.3 Å². The van der Waals surface area contributed by atoms with Crippen LogP contribution in [-0.4, -0.2) is 36.7 Å². The highest BCUT2D eigenvalue weighted by molar-refractivity contribution is 5.95. The zero-order valence-corrected chi connectivity index (χ0v) is 17.5. The van der Waals surface area contributed by atoms with Gasteiger partial charge in [0.1, 0.15) is 0 Å². The number of carbonyl (C=O) groups is 2. The van der Waals surface area contributed by atoms with Gasteiger partial charge in [-0.1, -0.05) is 24.3 Å². The Morgan fingerprint density at radius 1 is 0.968 bits per heavy atom. The lowest BCUT2D eigenvalue weighted by Gasteiger charge is -2.13. The molecule has 160 valence electrons. The van der Waals surface area contributed by atoms with Gasteiger partial charge in [-0.2, -0.15) is 0 Å². The lowest BCUT2D eigenvalue weighted by Crippen LogP contribution is -2.20. The second kappa shape index (κ2) is 10.8. The Hall–Kier alpha value is -3.87. The van der Waals surface area contributed by atoms with Crippen molar-refractivity contribution in [2.45, 2.75) is 13.8 Å². The standard InChI is InChI=1S/C24H24N2O5/c1-3-29-21-13-11-19(15-22(21)30-4-2)26-23(27)16-31-24(28)14-12-18-10-9-17-7-5-6-8-20(17)25-18/h5-15H,3-4,16H2,1-2H3,(H,26,27)/b14-12+. The minimum atomic E-state index is -0.633. The van der Waals surface area contributed by atoms with E-state index < -0.39 is 18.5 Å². The normalized spacial score (nSPS) is 10.8. The van der Waals surface area contributed by atoms with Crippen LogP contribution >= 0.6 is 0 Å². The number of aromatic nitrogens is 1. The topological polar surface area (TPSA) is 86.8 Å². The van der Waals surface area contributed by atoms with Crippen molar-refractivity contribution in [3.05, 3.63) is 66.4 Å². The number of nitrogens with zero attached hydrogens (tertiary/aromatic N) is 1. The summed E-state index contributed by atoms with van der Waals surface area (Å²) >= 11 is 0. The summed E-state index contributed by atoms with van der Waals surface area (Å²) in [7, 11) is 0. The van der Waals surface area contributed by atoms with Crippen LogP contribution in [0.25, 0.3) is 17.0 Å². The minimum Gasteiger partial charge on any atom is -0.490 e. The molecule has 2 aromatic carbocycles. The number of rotatable bonds is 9. The number of esters is 1. The molecule has 0 aliphatic rings. The third-order valence-electron chi connectivity index (χ3n) is 4.18. The average Bonchev–Trinajstić information content (AvgIpc) is 2.78. The third-order valence-corrected chi connectivity index (χ3v) is 4.18. The molecule has 1 amide bonds. The molecule has 0 saturated carbocycles. The number of fused-ring (bicyclic) bond motifs is 1. The summed E-state index contributed by atoms with van der Waals surface area (Å²) in [5, 5.41) is 3.69. The van der Waals surface area contributed by atoms with E-state index in [9.17, 15) is 9.59 Å². The number of anilines is 1. The lowest BCUT2D eigenvalue weighted by atomic mass is 10.2. The van der Waals surface area contributed by atoms with E-state index >= 15 is 0 Å². The molecule has 31 heavy (non-hydrogen) atoms. The summed E-state index contributed by atoms with van der Waals surface area (Å²) in [5.41, 5.74) is 1.97. The maximum atomic E-state index is 12.1. The molecular formula is C24H24N2O5. The van der Waals surface area contributed by atoms with Gasteiger partial charge in [0.15, 0.2) is 18.1 Å². The molecule has 7 heteroatoms. The Balaban J connectivity index is 1.53. The highest BCUT2D eigenvalue weighted by Crippen LogP contribution is 2.30. The fraction of sp³-hybridized carbons (Fsp3) is 0.208. The van der Waals surface area contributed by atoms with Crippen LogP contribution in [-0.2, 0) is 14.3 Å². The van der Waals surface area contributed by atoms with Gasteiger partial charge in [-0.05, 0) is 44.2 Å². The van der Waals surface area contributed by atoms with Crippen LogP contribution in [0, 0.1) is 0 Å². The van der Waals surface area contributed by atoms with Crippen molar-refractivity contribution in [3.63, 3.8) is 0 Å². The Labute approximate surface area is 180 Å². The summed E-state index contributed by atoms with van der Waals surface area (Å²) in [6, 6.07) is 16.5.